The Morgan fingerprint density at radius 3 is 2.00 bits per heavy atom. The number of ether oxygens (including phenoxy) is 1. The highest BCUT2D eigenvalue weighted by atomic mass is 19.4. The van der Waals surface area contributed by atoms with Gasteiger partial charge >= 0.3 is 12.4 Å². The zero-order valence-corrected chi connectivity index (χ0v) is 16.3. The number of hydrogen-bond donors (Lipinski definition) is 0. The van der Waals surface area contributed by atoms with Crippen LogP contribution in [0.2, 0.25) is 0 Å². The highest BCUT2D eigenvalue weighted by molar-refractivity contribution is 5.80. The Morgan fingerprint density at radius 2 is 1.42 bits per heavy atom. The molecule has 1 aliphatic rings. The summed E-state index contributed by atoms with van der Waals surface area (Å²) < 4.78 is 82.5. The molecule has 0 aromatic heterocycles. The van der Waals surface area contributed by atoms with E-state index in [1.165, 1.54) is 0 Å². The SMILES string of the molecule is O=C(C(C(F)(F)F)C(F)(F)F)N1CCN(Cc2cccc(Oc3ccccc3)c2)CC1. The molecule has 1 heterocycles. The van der Waals surface area contributed by atoms with Gasteiger partial charge in [0.05, 0.1) is 0 Å². The van der Waals surface area contributed by atoms with Gasteiger partial charge < -0.3 is 9.64 Å². The Kier molecular flexibility index (Phi) is 6.78. The van der Waals surface area contributed by atoms with Gasteiger partial charge in [-0.3, -0.25) is 9.69 Å². The molecule has 0 saturated carbocycles. The molecule has 0 aliphatic carbocycles. The van der Waals surface area contributed by atoms with Gasteiger partial charge in [0.15, 0.2) is 0 Å². The lowest BCUT2D eigenvalue weighted by Crippen LogP contribution is -2.55. The van der Waals surface area contributed by atoms with Crippen molar-refractivity contribution in [2.45, 2.75) is 18.9 Å². The highest BCUT2D eigenvalue weighted by Gasteiger charge is 2.62. The number of nitrogens with zero attached hydrogens (tertiary/aromatic N) is 2. The summed E-state index contributed by atoms with van der Waals surface area (Å²) in [6.07, 6.45) is -11.3. The summed E-state index contributed by atoms with van der Waals surface area (Å²) in [7, 11) is 0. The van der Waals surface area contributed by atoms with Crippen molar-refractivity contribution in [2.24, 2.45) is 5.92 Å². The van der Waals surface area contributed by atoms with E-state index in [1.807, 2.05) is 35.2 Å². The van der Waals surface area contributed by atoms with Crippen LogP contribution in [0.25, 0.3) is 0 Å². The number of piperazine rings is 1. The molecule has 1 fully saturated rings. The first-order valence-electron chi connectivity index (χ1n) is 9.50. The van der Waals surface area contributed by atoms with Crippen LogP contribution >= 0.6 is 0 Å². The van der Waals surface area contributed by atoms with Crippen molar-refractivity contribution in [3.63, 3.8) is 0 Å². The van der Waals surface area contributed by atoms with E-state index < -0.39 is 24.2 Å². The molecule has 0 N–H and O–H groups in total. The van der Waals surface area contributed by atoms with Crippen molar-refractivity contribution >= 4 is 5.91 Å². The minimum Gasteiger partial charge on any atom is -0.457 e. The van der Waals surface area contributed by atoms with Crippen molar-refractivity contribution in [3.05, 3.63) is 60.2 Å². The molecule has 2 aromatic rings. The molecule has 0 atom stereocenters. The van der Waals surface area contributed by atoms with Crippen LogP contribution in [0, 0.1) is 5.92 Å². The Labute approximate surface area is 175 Å². The minimum atomic E-state index is -5.67. The van der Waals surface area contributed by atoms with Crippen molar-refractivity contribution in [1.82, 2.24) is 9.80 Å². The number of amides is 1. The highest BCUT2D eigenvalue weighted by Crippen LogP contribution is 2.40. The number of rotatable bonds is 5. The average Bonchev–Trinajstić information content (AvgIpc) is 2.67. The van der Waals surface area contributed by atoms with Gasteiger partial charge in [0, 0.05) is 32.7 Å². The van der Waals surface area contributed by atoms with Gasteiger partial charge in [-0.25, -0.2) is 0 Å². The second kappa shape index (κ2) is 9.17. The van der Waals surface area contributed by atoms with Crippen molar-refractivity contribution in [2.75, 3.05) is 26.2 Å². The second-order valence-corrected chi connectivity index (χ2v) is 7.18. The van der Waals surface area contributed by atoms with Crippen molar-refractivity contribution in [1.29, 1.82) is 0 Å². The van der Waals surface area contributed by atoms with Crippen LogP contribution in [0.4, 0.5) is 26.3 Å². The predicted molar refractivity (Wildman–Crippen MR) is 100 cm³/mol. The molecule has 4 nitrogen and oxygen atoms in total. The predicted octanol–water partition coefficient (Wildman–Crippen LogP) is 4.86. The van der Waals surface area contributed by atoms with Gasteiger partial charge in [0.25, 0.3) is 0 Å². The fourth-order valence-corrected chi connectivity index (χ4v) is 3.36. The Bertz CT molecular complexity index is 863. The van der Waals surface area contributed by atoms with Gasteiger partial charge in [-0.15, -0.1) is 0 Å². The largest absolute Gasteiger partial charge is 0.457 e. The zero-order valence-electron chi connectivity index (χ0n) is 16.3. The first kappa shape index (κ1) is 22.9. The lowest BCUT2D eigenvalue weighted by Gasteiger charge is -2.37. The van der Waals surface area contributed by atoms with Gasteiger partial charge in [-0.2, -0.15) is 26.3 Å². The molecule has 168 valence electrons. The van der Waals surface area contributed by atoms with Gasteiger partial charge in [-0.1, -0.05) is 30.3 Å². The van der Waals surface area contributed by atoms with Crippen LogP contribution in [-0.2, 0) is 11.3 Å². The molecular weight excluding hydrogens is 426 g/mol. The maximum atomic E-state index is 12.8. The fourth-order valence-electron chi connectivity index (χ4n) is 3.36. The Balaban J connectivity index is 1.58. The fraction of sp³-hybridized carbons (Fsp3) is 0.381. The monoisotopic (exact) mass is 446 g/mol. The number of benzene rings is 2. The summed E-state index contributed by atoms with van der Waals surface area (Å²) in [4.78, 5) is 14.4. The third-order valence-corrected chi connectivity index (χ3v) is 4.87. The maximum absolute atomic E-state index is 12.8. The van der Waals surface area contributed by atoms with Crippen LogP contribution in [-0.4, -0.2) is 54.2 Å². The average molecular weight is 446 g/mol. The van der Waals surface area contributed by atoms with Gasteiger partial charge in [0.1, 0.15) is 11.5 Å². The number of para-hydroxylation sites is 1. The summed E-state index contributed by atoms with van der Waals surface area (Å²) in [5, 5.41) is 0. The van der Waals surface area contributed by atoms with Crippen molar-refractivity contribution < 1.29 is 35.9 Å². The number of halogens is 6. The molecular formula is C21H20F6N2O2. The Hall–Kier alpha value is -2.75. The first-order chi connectivity index (χ1) is 14.5. The molecule has 1 aliphatic heterocycles. The molecule has 2 aromatic carbocycles. The number of alkyl halides is 6. The molecule has 3 rings (SSSR count). The first-order valence-corrected chi connectivity index (χ1v) is 9.50. The molecule has 1 amide bonds. The second-order valence-electron chi connectivity index (χ2n) is 7.18. The smallest absolute Gasteiger partial charge is 0.409 e. The van der Waals surface area contributed by atoms with E-state index in [2.05, 4.69) is 0 Å². The van der Waals surface area contributed by atoms with Crippen LogP contribution in [0.15, 0.2) is 54.6 Å². The molecule has 0 radical (unpaired) electrons. The summed E-state index contributed by atoms with van der Waals surface area (Å²) in [5.74, 6) is -4.66. The van der Waals surface area contributed by atoms with E-state index in [4.69, 9.17) is 4.74 Å². The summed E-state index contributed by atoms with van der Waals surface area (Å²) in [5.41, 5.74) is 0.872. The lowest BCUT2D eigenvalue weighted by atomic mass is 10.1. The van der Waals surface area contributed by atoms with Crippen LogP contribution in [0.3, 0.4) is 0 Å². The third kappa shape index (κ3) is 6.13. The van der Waals surface area contributed by atoms with E-state index in [-0.39, 0.29) is 26.2 Å². The van der Waals surface area contributed by atoms with E-state index in [1.54, 1.807) is 24.3 Å². The van der Waals surface area contributed by atoms with Crippen molar-refractivity contribution in [3.8, 4) is 11.5 Å². The van der Waals surface area contributed by atoms with E-state index in [0.29, 0.717) is 22.9 Å². The summed E-state index contributed by atoms with van der Waals surface area (Å²) in [6.45, 7) is 0.343. The summed E-state index contributed by atoms with van der Waals surface area (Å²) >= 11 is 0. The van der Waals surface area contributed by atoms with Gasteiger partial charge in [0.2, 0.25) is 11.8 Å². The van der Waals surface area contributed by atoms with E-state index in [9.17, 15) is 31.1 Å². The molecule has 0 bridgehead atoms. The molecule has 1 saturated heterocycles. The van der Waals surface area contributed by atoms with Gasteiger partial charge in [-0.05, 0) is 29.8 Å². The number of hydrogen-bond acceptors (Lipinski definition) is 3. The van der Waals surface area contributed by atoms with E-state index in [0.717, 1.165) is 5.56 Å². The minimum absolute atomic E-state index is 0.165. The normalized spacial score (nSPS) is 15.9. The van der Waals surface area contributed by atoms with E-state index >= 15 is 0 Å². The van der Waals surface area contributed by atoms with Crippen LogP contribution in [0.1, 0.15) is 5.56 Å². The molecule has 31 heavy (non-hydrogen) atoms. The molecule has 0 unspecified atom stereocenters. The third-order valence-electron chi connectivity index (χ3n) is 4.87. The standard InChI is InChI=1S/C21H20F6N2O2/c22-20(23,24)18(21(25,26)27)19(30)29-11-9-28(10-12-29)14-15-5-4-8-17(13-15)31-16-6-2-1-3-7-16/h1-8,13,18H,9-12,14H2. The quantitative estimate of drug-likeness (QED) is 0.615. The molecule has 10 heteroatoms. The number of carbonyl (C=O) groups is 1. The lowest BCUT2D eigenvalue weighted by molar-refractivity contribution is -0.277. The van der Waals surface area contributed by atoms with Crippen LogP contribution < -0.4 is 4.74 Å². The summed E-state index contributed by atoms with van der Waals surface area (Å²) in [6, 6.07) is 16.4. The number of carbonyl (C=O) groups excluding carboxylic acids is 1. The van der Waals surface area contributed by atoms with Crippen LogP contribution in [0.5, 0.6) is 11.5 Å². The molecule has 0 spiro atoms. The Morgan fingerprint density at radius 1 is 0.839 bits per heavy atom. The maximum Gasteiger partial charge on any atom is 0.409 e. The zero-order chi connectivity index (χ0) is 22.6. The topological polar surface area (TPSA) is 32.8 Å².